The van der Waals surface area contributed by atoms with Crippen molar-refractivity contribution in [3.8, 4) is 11.1 Å². The van der Waals surface area contributed by atoms with Gasteiger partial charge in [-0.2, -0.15) is 0 Å². The first kappa shape index (κ1) is 18.8. The molecule has 2 N–H and O–H groups in total. The van der Waals surface area contributed by atoms with Gasteiger partial charge in [0.05, 0.1) is 4.91 Å². The summed E-state index contributed by atoms with van der Waals surface area (Å²) < 4.78 is 0. The highest BCUT2D eigenvalue weighted by molar-refractivity contribution is 8.18. The number of imide groups is 1. The van der Waals surface area contributed by atoms with Crippen LogP contribution >= 0.6 is 11.8 Å². The van der Waals surface area contributed by atoms with E-state index < -0.39 is 0 Å². The average molecular weight is 393 g/mol. The Hall–Kier alpha value is -2.53. The molecule has 1 heterocycles. The van der Waals surface area contributed by atoms with E-state index in [-0.39, 0.29) is 11.1 Å². The van der Waals surface area contributed by atoms with E-state index in [2.05, 4.69) is 54.0 Å². The Labute approximate surface area is 169 Å². The van der Waals surface area contributed by atoms with Gasteiger partial charge in [-0.3, -0.25) is 14.9 Å². The summed E-state index contributed by atoms with van der Waals surface area (Å²) in [5, 5.41) is 5.62. The van der Waals surface area contributed by atoms with Gasteiger partial charge in [-0.05, 0) is 84.5 Å². The minimum Gasteiger partial charge on any atom is -0.382 e. The second-order valence-corrected chi connectivity index (χ2v) is 8.59. The largest absolute Gasteiger partial charge is 0.382 e. The number of carbonyl (C=O) groups excluding carboxylic acids is 2. The molecule has 0 unspecified atom stereocenters. The number of hydrogen-bond donors (Lipinski definition) is 2. The summed E-state index contributed by atoms with van der Waals surface area (Å²) in [6.45, 7) is 4.11. The molecule has 1 saturated heterocycles. The minimum atomic E-state index is -0.318. The SMILES string of the molecule is Cc1cc(-c2ccc(NC3CCCC3)cc2)c(C)cc1/C=C1\SC(=O)NC1=O. The van der Waals surface area contributed by atoms with Crippen molar-refractivity contribution in [1.82, 2.24) is 5.32 Å². The van der Waals surface area contributed by atoms with E-state index in [1.807, 2.05) is 6.92 Å². The maximum absolute atomic E-state index is 11.8. The molecule has 0 aromatic heterocycles. The minimum absolute atomic E-state index is 0.312. The van der Waals surface area contributed by atoms with Gasteiger partial charge in [0.1, 0.15) is 0 Å². The van der Waals surface area contributed by atoms with Gasteiger partial charge in [0.15, 0.2) is 0 Å². The molecule has 2 aromatic rings. The van der Waals surface area contributed by atoms with Crippen LogP contribution in [0.3, 0.4) is 0 Å². The Morgan fingerprint density at radius 2 is 1.75 bits per heavy atom. The Bertz CT molecular complexity index is 957. The van der Waals surface area contributed by atoms with Gasteiger partial charge in [-0.25, -0.2) is 0 Å². The molecule has 2 aromatic carbocycles. The fraction of sp³-hybridized carbons (Fsp3) is 0.304. The molecule has 4 nitrogen and oxygen atoms in total. The lowest BCUT2D eigenvalue weighted by Gasteiger charge is -2.15. The third kappa shape index (κ3) is 3.99. The number of benzene rings is 2. The molecule has 2 fully saturated rings. The Balaban J connectivity index is 1.57. The van der Waals surface area contributed by atoms with Crippen molar-refractivity contribution in [3.05, 3.63) is 58.0 Å². The van der Waals surface area contributed by atoms with Gasteiger partial charge >= 0.3 is 0 Å². The maximum Gasteiger partial charge on any atom is 0.290 e. The van der Waals surface area contributed by atoms with Crippen LogP contribution in [0.15, 0.2) is 41.3 Å². The van der Waals surface area contributed by atoms with Crippen LogP contribution in [0.25, 0.3) is 17.2 Å². The fourth-order valence-electron chi connectivity index (χ4n) is 3.92. The van der Waals surface area contributed by atoms with Crippen molar-refractivity contribution in [1.29, 1.82) is 0 Å². The Morgan fingerprint density at radius 3 is 2.39 bits per heavy atom. The van der Waals surface area contributed by atoms with Crippen LogP contribution in [0.5, 0.6) is 0 Å². The van der Waals surface area contributed by atoms with Gasteiger partial charge in [0.25, 0.3) is 11.1 Å². The average Bonchev–Trinajstić information content (AvgIpc) is 3.28. The highest BCUT2D eigenvalue weighted by Crippen LogP contribution is 2.32. The number of rotatable bonds is 4. The highest BCUT2D eigenvalue weighted by atomic mass is 32.2. The lowest BCUT2D eigenvalue weighted by molar-refractivity contribution is -0.115. The van der Waals surface area contributed by atoms with E-state index in [0.29, 0.717) is 10.9 Å². The number of anilines is 1. The van der Waals surface area contributed by atoms with Crippen LogP contribution < -0.4 is 10.6 Å². The van der Waals surface area contributed by atoms with E-state index in [1.165, 1.54) is 42.5 Å². The lowest BCUT2D eigenvalue weighted by atomic mass is 9.94. The van der Waals surface area contributed by atoms with Gasteiger partial charge < -0.3 is 5.32 Å². The van der Waals surface area contributed by atoms with Gasteiger partial charge in [0.2, 0.25) is 0 Å². The van der Waals surface area contributed by atoms with E-state index in [9.17, 15) is 9.59 Å². The van der Waals surface area contributed by atoms with Gasteiger partial charge in [-0.1, -0.05) is 37.1 Å². The highest BCUT2D eigenvalue weighted by Gasteiger charge is 2.25. The molecular weight excluding hydrogens is 368 g/mol. The molecule has 0 radical (unpaired) electrons. The number of aryl methyl sites for hydroxylation is 2. The summed E-state index contributed by atoms with van der Waals surface area (Å²) in [5.41, 5.74) is 6.73. The first-order chi connectivity index (χ1) is 13.5. The van der Waals surface area contributed by atoms with E-state index in [1.54, 1.807) is 6.08 Å². The Kier molecular flexibility index (Phi) is 5.27. The molecule has 2 amide bonds. The predicted molar refractivity (Wildman–Crippen MR) is 116 cm³/mol. The quantitative estimate of drug-likeness (QED) is 0.660. The molecule has 1 aliphatic carbocycles. The zero-order valence-electron chi connectivity index (χ0n) is 16.2. The monoisotopic (exact) mass is 392 g/mol. The van der Waals surface area contributed by atoms with Crippen LogP contribution in [-0.2, 0) is 4.79 Å². The summed E-state index contributed by atoms with van der Waals surface area (Å²) in [6.07, 6.45) is 6.97. The maximum atomic E-state index is 11.8. The molecule has 1 aliphatic heterocycles. The van der Waals surface area contributed by atoms with Gasteiger partial charge in [-0.15, -0.1) is 0 Å². The zero-order valence-corrected chi connectivity index (χ0v) is 17.0. The van der Waals surface area contributed by atoms with Crippen LogP contribution in [0, 0.1) is 13.8 Å². The summed E-state index contributed by atoms with van der Waals surface area (Å²) in [5.74, 6) is -0.318. The summed E-state index contributed by atoms with van der Waals surface area (Å²) in [7, 11) is 0. The van der Waals surface area contributed by atoms with Crippen molar-refractivity contribution < 1.29 is 9.59 Å². The van der Waals surface area contributed by atoms with Crippen LogP contribution in [0.2, 0.25) is 0 Å². The second kappa shape index (κ2) is 7.84. The second-order valence-electron chi connectivity index (χ2n) is 7.58. The lowest BCUT2D eigenvalue weighted by Crippen LogP contribution is -2.17. The van der Waals surface area contributed by atoms with E-state index >= 15 is 0 Å². The molecular formula is C23H24N2O2S. The zero-order chi connectivity index (χ0) is 19.7. The third-order valence-corrected chi connectivity index (χ3v) is 6.27. The molecule has 4 rings (SSSR count). The summed E-state index contributed by atoms with van der Waals surface area (Å²) >= 11 is 0.953. The normalized spacial score (nSPS) is 18.7. The van der Waals surface area contributed by atoms with Crippen molar-refractivity contribution in [3.63, 3.8) is 0 Å². The first-order valence-corrected chi connectivity index (χ1v) is 10.5. The van der Waals surface area contributed by atoms with Crippen molar-refractivity contribution in [2.45, 2.75) is 45.6 Å². The molecule has 0 atom stereocenters. The molecule has 28 heavy (non-hydrogen) atoms. The molecule has 2 aliphatic rings. The molecule has 144 valence electrons. The summed E-state index contributed by atoms with van der Waals surface area (Å²) in [4.78, 5) is 23.6. The van der Waals surface area contributed by atoms with Crippen molar-refractivity contribution >= 4 is 34.7 Å². The van der Waals surface area contributed by atoms with E-state index in [0.717, 1.165) is 28.5 Å². The molecule has 0 bridgehead atoms. The van der Waals surface area contributed by atoms with E-state index in [4.69, 9.17) is 0 Å². The van der Waals surface area contributed by atoms with Crippen LogP contribution in [0.4, 0.5) is 10.5 Å². The standard InChI is InChI=1S/C23H24N2O2S/c1-14-12-20(15(2)11-17(14)13-21-22(26)25-23(27)28-21)16-7-9-19(10-8-16)24-18-5-3-4-6-18/h7-13,18,24H,3-6H2,1-2H3,(H,25,26,27)/b21-13-. The predicted octanol–water partition coefficient (Wildman–Crippen LogP) is 5.65. The first-order valence-electron chi connectivity index (χ1n) is 9.73. The molecule has 5 heteroatoms. The summed E-state index contributed by atoms with van der Waals surface area (Å²) in [6, 6.07) is 13.5. The van der Waals surface area contributed by atoms with Crippen molar-refractivity contribution in [2.75, 3.05) is 5.32 Å². The number of nitrogens with one attached hydrogen (secondary N) is 2. The van der Waals surface area contributed by atoms with Crippen LogP contribution in [0.1, 0.15) is 42.4 Å². The third-order valence-electron chi connectivity index (χ3n) is 5.46. The molecule has 0 spiro atoms. The topological polar surface area (TPSA) is 58.2 Å². The fourth-order valence-corrected chi connectivity index (χ4v) is 4.59. The molecule has 1 saturated carbocycles. The number of thioether (sulfide) groups is 1. The smallest absolute Gasteiger partial charge is 0.290 e. The van der Waals surface area contributed by atoms with Crippen molar-refractivity contribution in [2.24, 2.45) is 0 Å². The number of carbonyl (C=O) groups is 2. The van der Waals surface area contributed by atoms with Gasteiger partial charge in [0, 0.05) is 11.7 Å². The Morgan fingerprint density at radius 1 is 1.04 bits per heavy atom. The number of hydrogen-bond acceptors (Lipinski definition) is 4. The number of amides is 2. The van der Waals surface area contributed by atoms with Crippen LogP contribution in [-0.4, -0.2) is 17.2 Å².